The predicted molar refractivity (Wildman–Crippen MR) is 87.6 cm³/mol. The summed E-state index contributed by atoms with van der Waals surface area (Å²) >= 11 is 1.02. The number of ether oxygens (including phenoxy) is 1. The number of carbonyl (C=O) groups is 1. The van der Waals surface area contributed by atoms with Crippen LogP contribution < -0.4 is 15.9 Å². The van der Waals surface area contributed by atoms with Crippen molar-refractivity contribution in [2.45, 2.75) is 6.92 Å². The molecule has 0 atom stereocenters. The molecule has 0 aliphatic heterocycles. The molecule has 1 aromatic heterocycles. The van der Waals surface area contributed by atoms with E-state index in [0.29, 0.717) is 10.6 Å². The molecule has 0 aliphatic carbocycles. The minimum Gasteiger partial charge on any atom is -0.500 e. The van der Waals surface area contributed by atoms with Gasteiger partial charge in [-0.2, -0.15) is 5.10 Å². The van der Waals surface area contributed by atoms with E-state index < -0.39 is 22.3 Å². The molecule has 11 heteroatoms. The van der Waals surface area contributed by atoms with Crippen LogP contribution in [-0.2, 0) is 0 Å². The fourth-order valence-corrected chi connectivity index (χ4v) is 2.55. The largest absolute Gasteiger partial charge is 0.500 e. The van der Waals surface area contributed by atoms with Gasteiger partial charge in [-0.3, -0.25) is 14.9 Å². The number of rotatable bonds is 5. The van der Waals surface area contributed by atoms with Crippen LogP contribution in [0.1, 0.15) is 20.9 Å². The van der Waals surface area contributed by atoms with E-state index in [1.165, 1.54) is 19.4 Å². The van der Waals surface area contributed by atoms with Crippen molar-refractivity contribution in [1.82, 2.24) is 10.4 Å². The Morgan fingerprint density at radius 2 is 2.29 bits per heavy atom. The van der Waals surface area contributed by atoms with Crippen molar-refractivity contribution in [2.24, 2.45) is 5.10 Å². The number of aromatic nitrogens is 1. The Bertz CT molecular complexity index is 832. The number of amides is 1. The second kappa shape index (κ2) is 6.91. The average molecular weight is 351 g/mol. The monoisotopic (exact) mass is 351 g/mol. The van der Waals surface area contributed by atoms with E-state index in [0.717, 1.165) is 17.4 Å². The van der Waals surface area contributed by atoms with Crippen LogP contribution in [0.4, 0.5) is 10.8 Å². The van der Waals surface area contributed by atoms with Crippen molar-refractivity contribution >= 4 is 34.3 Å². The first-order chi connectivity index (χ1) is 11.3. The second-order valence-corrected chi connectivity index (χ2v) is 5.54. The number of nitrogens with two attached hydrogens (primary N) is 1. The van der Waals surface area contributed by atoms with Crippen LogP contribution in [0, 0.1) is 17.0 Å². The Morgan fingerprint density at radius 3 is 2.83 bits per heavy atom. The average Bonchev–Trinajstić information content (AvgIpc) is 2.86. The molecule has 2 aromatic rings. The van der Waals surface area contributed by atoms with Crippen molar-refractivity contribution in [1.29, 1.82) is 0 Å². The summed E-state index contributed by atoms with van der Waals surface area (Å²) in [7, 11) is 1.26. The molecule has 24 heavy (non-hydrogen) atoms. The summed E-state index contributed by atoms with van der Waals surface area (Å²) in [5.74, 6) is -1.17. The number of aromatic hydroxyl groups is 1. The topological polar surface area (TPSA) is 153 Å². The van der Waals surface area contributed by atoms with Gasteiger partial charge < -0.3 is 15.6 Å². The Labute approximate surface area is 139 Å². The number of thiazole rings is 1. The van der Waals surface area contributed by atoms with Crippen LogP contribution in [0.25, 0.3) is 0 Å². The Balaban J connectivity index is 2.20. The molecular weight excluding hydrogens is 338 g/mol. The predicted octanol–water partition coefficient (Wildman–Crippen LogP) is 1.42. The summed E-state index contributed by atoms with van der Waals surface area (Å²) in [4.78, 5) is 26.3. The lowest BCUT2D eigenvalue weighted by molar-refractivity contribution is -0.386. The van der Waals surface area contributed by atoms with Crippen LogP contribution >= 0.6 is 11.3 Å². The van der Waals surface area contributed by atoms with E-state index >= 15 is 0 Å². The maximum absolute atomic E-state index is 11.9. The first-order valence-corrected chi connectivity index (χ1v) is 7.26. The number of phenols is 1. The minimum atomic E-state index is -0.753. The highest BCUT2D eigenvalue weighted by Crippen LogP contribution is 2.36. The molecule has 10 nitrogen and oxygen atoms in total. The summed E-state index contributed by atoms with van der Waals surface area (Å²) in [6, 6.07) is 2.44. The first-order valence-electron chi connectivity index (χ1n) is 6.45. The number of methoxy groups -OCH3 is 1. The smallest absolute Gasteiger partial charge is 0.315 e. The number of anilines is 1. The molecule has 0 fully saturated rings. The van der Waals surface area contributed by atoms with E-state index in [1.54, 1.807) is 6.92 Å². The van der Waals surface area contributed by atoms with Crippen LogP contribution in [0.15, 0.2) is 17.2 Å². The van der Waals surface area contributed by atoms with Gasteiger partial charge in [0.2, 0.25) is 5.75 Å². The van der Waals surface area contributed by atoms with Gasteiger partial charge in [0.05, 0.1) is 23.9 Å². The van der Waals surface area contributed by atoms with E-state index in [9.17, 15) is 20.0 Å². The molecular formula is C13H13N5O5S. The van der Waals surface area contributed by atoms with Crippen LogP contribution in [0.2, 0.25) is 0 Å². The van der Waals surface area contributed by atoms with Gasteiger partial charge in [0.1, 0.15) is 4.88 Å². The molecule has 0 saturated heterocycles. The summed E-state index contributed by atoms with van der Waals surface area (Å²) in [5, 5.41) is 24.6. The normalized spacial score (nSPS) is 10.8. The van der Waals surface area contributed by atoms with Gasteiger partial charge in [0.15, 0.2) is 10.9 Å². The standard InChI is InChI=1S/C13H13N5O5S/c1-6-11(24-13(14)16-6)12(20)17-15-5-7-3-8(18(21)22)10(19)9(4-7)23-2/h3-5,19H,1-2H3,(H2,14,16)(H,17,20)/b15-5-. The number of nitro benzene ring substituents is 1. The molecule has 1 aromatic carbocycles. The third-order valence-corrected chi connectivity index (χ3v) is 3.88. The molecule has 1 amide bonds. The number of hydrazone groups is 1. The molecule has 0 unspecified atom stereocenters. The van der Waals surface area contributed by atoms with Gasteiger partial charge in [-0.15, -0.1) is 0 Å². The van der Waals surface area contributed by atoms with E-state index in [-0.39, 0.29) is 16.4 Å². The van der Waals surface area contributed by atoms with Crippen LogP contribution in [0.5, 0.6) is 11.5 Å². The zero-order valence-electron chi connectivity index (χ0n) is 12.6. The molecule has 126 valence electrons. The minimum absolute atomic E-state index is 0.0805. The SMILES string of the molecule is COc1cc(/C=N\NC(=O)c2sc(N)nc2C)cc([N+](=O)[O-])c1O. The lowest BCUT2D eigenvalue weighted by Gasteiger charge is -2.05. The molecule has 4 N–H and O–H groups in total. The lowest BCUT2D eigenvalue weighted by Crippen LogP contribution is -2.17. The number of carbonyl (C=O) groups excluding carboxylic acids is 1. The molecule has 0 aliphatic rings. The van der Waals surface area contributed by atoms with Gasteiger partial charge in [0, 0.05) is 11.6 Å². The number of hydrogen-bond acceptors (Lipinski definition) is 9. The zero-order chi connectivity index (χ0) is 17.9. The highest BCUT2D eigenvalue weighted by Gasteiger charge is 2.19. The fraction of sp³-hybridized carbons (Fsp3) is 0.154. The lowest BCUT2D eigenvalue weighted by atomic mass is 10.2. The molecule has 0 bridgehead atoms. The number of phenolic OH excluding ortho intramolecular Hbond substituents is 1. The molecule has 0 spiro atoms. The van der Waals surface area contributed by atoms with E-state index in [2.05, 4.69) is 15.5 Å². The maximum atomic E-state index is 11.9. The van der Waals surface area contributed by atoms with Crippen molar-refractivity contribution < 1.29 is 19.6 Å². The van der Waals surface area contributed by atoms with Crippen molar-refractivity contribution in [3.05, 3.63) is 38.4 Å². The highest BCUT2D eigenvalue weighted by molar-refractivity contribution is 7.17. The number of nitrogens with one attached hydrogen (secondary N) is 1. The second-order valence-electron chi connectivity index (χ2n) is 4.51. The van der Waals surface area contributed by atoms with Gasteiger partial charge in [-0.05, 0) is 13.0 Å². The van der Waals surface area contributed by atoms with Crippen LogP contribution in [0.3, 0.4) is 0 Å². The third kappa shape index (κ3) is 3.57. The van der Waals surface area contributed by atoms with Crippen molar-refractivity contribution in [3.8, 4) is 11.5 Å². The Kier molecular flexibility index (Phi) is 4.94. The maximum Gasteiger partial charge on any atom is 0.315 e. The molecule has 1 heterocycles. The van der Waals surface area contributed by atoms with Gasteiger partial charge in [-0.25, -0.2) is 10.4 Å². The molecule has 0 saturated carbocycles. The van der Waals surface area contributed by atoms with Gasteiger partial charge >= 0.3 is 5.69 Å². The van der Waals surface area contributed by atoms with E-state index in [1.807, 2.05) is 0 Å². The summed E-state index contributed by atoms with van der Waals surface area (Å²) in [5.41, 5.74) is 8.00. The number of nitro groups is 1. The number of aryl methyl sites for hydroxylation is 1. The van der Waals surface area contributed by atoms with Gasteiger partial charge in [0.25, 0.3) is 5.91 Å². The number of benzene rings is 1. The Hall–Kier alpha value is -3.21. The number of nitrogens with zero attached hydrogens (tertiary/aromatic N) is 3. The molecule has 0 radical (unpaired) electrons. The summed E-state index contributed by atoms with van der Waals surface area (Å²) < 4.78 is 4.87. The van der Waals surface area contributed by atoms with Crippen molar-refractivity contribution in [3.63, 3.8) is 0 Å². The Morgan fingerprint density at radius 1 is 1.58 bits per heavy atom. The van der Waals surface area contributed by atoms with Gasteiger partial charge in [-0.1, -0.05) is 11.3 Å². The van der Waals surface area contributed by atoms with Crippen LogP contribution in [-0.4, -0.2) is 34.2 Å². The number of nitrogen functional groups attached to an aromatic ring is 1. The van der Waals surface area contributed by atoms with Crippen molar-refractivity contribution in [2.75, 3.05) is 12.8 Å². The van der Waals surface area contributed by atoms with E-state index in [4.69, 9.17) is 10.5 Å². The highest BCUT2D eigenvalue weighted by atomic mass is 32.1. The zero-order valence-corrected chi connectivity index (χ0v) is 13.5. The third-order valence-electron chi connectivity index (χ3n) is 2.89. The summed E-state index contributed by atoms with van der Waals surface area (Å²) in [6.07, 6.45) is 1.19. The summed E-state index contributed by atoms with van der Waals surface area (Å²) in [6.45, 7) is 1.64. The fourth-order valence-electron chi connectivity index (χ4n) is 1.83. The quantitative estimate of drug-likeness (QED) is 0.418. The first kappa shape index (κ1) is 17.1. The molecule has 2 rings (SSSR count). The number of hydrogen-bond donors (Lipinski definition) is 3.